The largest absolute Gasteiger partial charge is 0.452 e. The van der Waals surface area contributed by atoms with E-state index in [9.17, 15) is 18.8 Å². The predicted molar refractivity (Wildman–Crippen MR) is 100 cm³/mol. The number of nitrogens with zero attached hydrogens (tertiary/aromatic N) is 2. The van der Waals surface area contributed by atoms with Crippen LogP contribution in [0.15, 0.2) is 48.5 Å². The van der Waals surface area contributed by atoms with Crippen LogP contribution in [-0.2, 0) is 14.3 Å². The molecular formula is C20H18FN3O4. The standard InChI is InChI=1S/C20H18FN3O4/c1-2-24(17-9-5-15(21)6-10-17)19(26)13-28-20(27)14-3-7-16(8-4-14)23-18(25)11-12-22/h3-10H,2,11,13H2,1H3,(H,23,25). The summed E-state index contributed by atoms with van der Waals surface area (Å²) in [5.41, 5.74) is 1.14. The number of carbonyl (C=O) groups is 3. The van der Waals surface area contributed by atoms with E-state index < -0.39 is 30.2 Å². The zero-order valence-corrected chi connectivity index (χ0v) is 15.1. The second-order valence-corrected chi connectivity index (χ2v) is 5.65. The number of ether oxygens (including phenoxy) is 1. The van der Waals surface area contributed by atoms with Gasteiger partial charge in [0.1, 0.15) is 12.2 Å². The average Bonchev–Trinajstić information content (AvgIpc) is 2.69. The van der Waals surface area contributed by atoms with Crippen LogP contribution in [0.5, 0.6) is 0 Å². The highest BCUT2D eigenvalue weighted by Gasteiger charge is 2.17. The van der Waals surface area contributed by atoms with Crippen molar-refractivity contribution in [3.63, 3.8) is 0 Å². The molecule has 2 aromatic carbocycles. The number of benzene rings is 2. The third-order valence-electron chi connectivity index (χ3n) is 3.73. The molecule has 2 amide bonds. The molecule has 28 heavy (non-hydrogen) atoms. The van der Waals surface area contributed by atoms with Crippen LogP contribution in [0.1, 0.15) is 23.7 Å². The van der Waals surface area contributed by atoms with Crippen molar-refractivity contribution in [2.45, 2.75) is 13.3 Å². The Morgan fingerprint density at radius 1 is 1.11 bits per heavy atom. The van der Waals surface area contributed by atoms with Gasteiger partial charge in [-0.15, -0.1) is 0 Å². The summed E-state index contributed by atoms with van der Waals surface area (Å²) in [7, 11) is 0. The Morgan fingerprint density at radius 3 is 2.32 bits per heavy atom. The highest BCUT2D eigenvalue weighted by molar-refractivity contribution is 5.97. The fourth-order valence-corrected chi connectivity index (χ4v) is 2.38. The number of hydrogen-bond donors (Lipinski definition) is 1. The van der Waals surface area contributed by atoms with E-state index in [2.05, 4.69) is 5.32 Å². The zero-order valence-electron chi connectivity index (χ0n) is 15.1. The number of esters is 1. The molecule has 0 radical (unpaired) electrons. The lowest BCUT2D eigenvalue weighted by molar-refractivity contribution is -0.121. The van der Waals surface area contributed by atoms with Gasteiger partial charge >= 0.3 is 5.97 Å². The van der Waals surface area contributed by atoms with Crippen molar-refractivity contribution in [3.8, 4) is 6.07 Å². The Labute approximate surface area is 161 Å². The summed E-state index contributed by atoms with van der Waals surface area (Å²) in [5.74, 6) is -2.00. The quantitative estimate of drug-likeness (QED) is 0.741. The van der Waals surface area contributed by atoms with Gasteiger partial charge in [-0.05, 0) is 55.5 Å². The average molecular weight is 383 g/mol. The molecule has 2 rings (SSSR count). The summed E-state index contributed by atoms with van der Waals surface area (Å²) in [6, 6.07) is 13.0. The molecule has 0 aliphatic rings. The maximum Gasteiger partial charge on any atom is 0.338 e. The van der Waals surface area contributed by atoms with Crippen LogP contribution >= 0.6 is 0 Å². The monoisotopic (exact) mass is 383 g/mol. The van der Waals surface area contributed by atoms with Crippen molar-refractivity contribution < 1.29 is 23.5 Å². The van der Waals surface area contributed by atoms with Gasteiger partial charge in [-0.2, -0.15) is 5.26 Å². The first-order valence-electron chi connectivity index (χ1n) is 8.44. The fourth-order valence-electron chi connectivity index (χ4n) is 2.38. The Hall–Kier alpha value is -3.73. The minimum Gasteiger partial charge on any atom is -0.452 e. The molecule has 0 atom stereocenters. The highest BCUT2D eigenvalue weighted by atomic mass is 19.1. The number of likely N-dealkylation sites (N-methyl/N-ethyl adjacent to an activating group) is 1. The van der Waals surface area contributed by atoms with Gasteiger partial charge in [-0.3, -0.25) is 9.59 Å². The number of rotatable bonds is 7. The summed E-state index contributed by atoms with van der Waals surface area (Å²) in [6.07, 6.45) is -0.270. The van der Waals surface area contributed by atoms with E-state index in [-0.39, 0.29) is 12.0 Å². The number of amides is 2. The molecule has 0 fully saturated rings. The van der Waals surface area contributed by atoms with E-state index in [1.54, 1.807) is 13.0 Å². The molecule has 0 unspecified atom stereocenters. The van der Waals surface area contributed by atoms with Crippen LogP contribution in [0, 0.1) is 17.1 Å². The van der Waals surface area contributed by atoms with Crippen LogP contribution in [0.2, 0.25) is 0 Å². The van der Waals surface area contributed by atoms with Crippen molar-refractivity contribution in [2.24, 2.45) is 0 Å². The number of nitrogens with one attached hydrogen (secondary N) is 1. The normalized spacial score (nSPS) is 9.89. The fraction of sp³-hybridized carbons (Fsp3) is 0.200. The van der Waals surface area contributed by atoms with Gasteiger partial charge < -0.3 is 15.0 Å². The second kappa shape index (κ2) is 9.83. The van der Waals surface area contributed by atoms with E-state index >= 15 is 0 Å². The summed E-state index contributed by atoms with van der Waals surface area (Å²) in [5, 5.41) is 11.0. The van der Waals surface area contributed by atoms with Gasteiger partial charge in [0.05, 0.1) is 11.6 Å². The summed E-state index contributed by atoms with van der Waals surface area (Å²) in [6.45, 7) is 1.62. The Kier molecular flexibility index (Phi) is 7.22. The number of carbonyl (C=O) groups excluding carboxylic acids is 3. The smallest absolute Gasteiger partial charge is 0.338 e. The lowest BCUT2D eigenvalue weighted by Crippen LogP contribution is -2.34. The van der Waals surface area contributed by atoms with Crippen LogP contribution in [-0.4, -0.2) is 30.9 Å². The van der Waals surface area contributed by atoms with Gasteiger partial charge in [0.2, 0.25) is 5.91 Å². The summed E-state index contributed by atoms with van der Waals surface area (Å²) >= 11 is 0. The van der Waals surface area contributed by atoms with Crippen LogP contribution in [0.4, 0.5) is 15.8 Å². The van der Waals surface area contributed by atoms with E-state index in [1.165, 1.54) is 53.4 Å². The molecule has 0 aromatic heterocycles. The van der Waals surface area contributed by atoms with Gasteiger partial charge in [0.15, 0.2) is 6.61 Å². The lowest BCUT2D eigenvalue weighted by atomic mass is 10.2. The highest BCUT2D eigenvalue weighted by Crippen LogP contribution is 2.15. The first kappa shape index (κ1) is 20.6. The molecule has 0 saturated heterocycles. The number of anilines is 2. The summed E-state index contributed by atoms with van der Waals surface area (Å²) < 4.78 is 18.1. The molecule has 0 saturated carbocycles. The number of halogens is 1. The number of nitriles is 1. The predicted octanol–water partition coefficient (Wildman–Crippen LogP) is 2.89. The first-order valence-corrected chi connectivity index (χ1v) is 8.44. The Morgan fingerprint density at radius 2 is 1.75 bits per heavy atom. The number of hydrogen-bond acceptors (Lipinski definition) is 5. The van der Waals surface area contributed by atoms with Gasteiger partial charge in [-0.25, -0.2) is 9.18 Å². The molecule has 0 aliphatic carbocycles. The van der Waals surface area contributed by atoms with Gasteiger partial charge in [0.25, 0.3) is 5.91 Å². The van der Waals surface area contributed by atoms with E-state index in [0.717, 1.165) is 0 Å². The van der Waals surface area contributed by atoms with Crippen molar-refractivity contribution in [1.82, 2.24) is 0 Å². The molecule has 0 spiro atoms. The summed E-state index contributed by atoms with van der Waals surface area (Å²) in [4.78, 5) is 37.1. The molecule has 144 valence electrons. The molecule has 1 N–H and O–H groups in total. The lowest BCUT2D eigenvalue weighted by Gasteiger charge is -2.20. The molecule has 0 aliphatic heterocycles. The van der Waals surface area contributed by atoms with Gasteiger partial charge in [0, 0.05) is 17.9 Å². The van der Waals surface area contributed by atoms with E-state index in [1.807, 2.05) is 0 Å². The Balaban J connectivity index is 1.93. The third kappa shape index (κ3) is 5.64. The van der Waals surface area contributed by atoms with Crippen molar-refractivity contribution in [1.29, 1.82) is 5.26 Å². The van der Waals surface area contributed by atoms with Gasteiger partial charge in [-0.1, -0.05) is 0 Å². The topological polar surface area (TPSA) is 99.5 Å². The van der Waals surface area contributed by atoms with E-state index in [0.29, 0.717) is 17.9 Å². The molecule has 0 heterocycles. The molecule has 8 heteroatoms. The maximum absolute atomic E-state index is 13.0. The molecule has 0 bridgehead atoms. The van der Waals surface area contributed by atoms with Crippen molar-refractivity contribution in [3.05, 3.63) is 59.9 Å². The minimum absolute atomic E-state index is 0.205. The second-order valence-electron chi connectivity index (χ2n) is 5.65. The third-order valence-corrected chi connectivity index (χ3v) is 3.73. The van der Waals surface area contributed by atoms with Crippen LogP contribution < -0.4 is 10.2 Å². The zero-order chi connectivity index (χ0) is 20.5. The van der Waals surface area contributed by atoms with Crippen LogP contribution in [0.25, 0.3) is 0 Å². The molecular weight excluding hydrogens is 365 g/mol. The molecule has 7 nitrogen and oxygen atoms in total. The van der Waals surface area contributed by atoms with Crippen molar-refractivity contribution in [2.75, 3.05) is 23.4 Å². The van der Waals surface area contributed by atoms with Crippen molar-refractivity contribution >= 4 is 29.2 Å². The first-order chi connectivity index (χ1) is 13.4. The molecule has 2 aromatic rings. The van der Waals surface area contributed by atoms with Crippen LogP contribution in [0.3, 0.4) is 0 Å². The maximum atomic E-state index is 13.0. The Bertz CT molecular complexity index is 889. The SMILES string of the molecule is CCN(C(=O)COC(=O)c1ccc(NC(=O)CC#N)cc1)c1ccc(F)cc1. The van der Waals surface area contributed by atoms with E-state index in [4.69, 9.17) is 10.00 Å². The minimum atomic E-state index is -0.696.